The molecule has 0 spiro atoms. The molecule has 0 amide bonds. The Labute approximate surface area is 116 Å². The summed E-state index contributed by atoms with van der Waals surface area (Å²) in [6.07, 6.45) is -0.0257. The highest BCUT2D eigenvalue weighted by Gasteiger charge is 2.07. The summed E-state index contributed by atoms with van der Waals surface area (Å²) in [5, 5.41) is 20.6. The highest BCUT2D eigenvalue weighted by Crippen LogP contribution is 2.21. The molecular weight excluding hydrogens is 254 g/mol. The maximum atomic E-state index is 10.5. The second-order valence-corrected chi connectivity index (χ2v) is 4.14. The van der Waals surface area contributed by atoms with E-state index in [9.17, 15) is 4.79 Å². The standard InChI is InChI=1S/C15H13N3O2/c16-10-12-6-7-13(11-4-2-1-3-5-11)18-15(12)17-9-8-14(19)20/h1-7H,8-9H2,(H,17,18)(H,19,20). The lowest BCUT2D eigenvalue weighted by atomic mass is 10.1. The molecule has 5 nitrogen and oxygen atoms in total. The predicted octanol–water partition coefficient (Wildman–Crippen LogP) is 2.51. The van der Waals surface area contributed by atoms with Gasteiger partial charge < -0.3 is 10.4 Å². The summed E-state index contributed by atoms with van der Waals surface area (Å²) in [7, 11) is 0. The fourth-order valence-corrected chi connectivity index (χ4v) is 1.74. The first kappa shape index (κ1) is 13.6. The van der Waals surface area contributed by atoms with Gasteiger partial charge in [0.1, 0.15) is 11.9 Å². The smallest absolute Gasteiger partial charge is 0.305 e. The van der Waals surface area contributed by atoms with E-state index in [1.807, 2.05) is 36.4 Å². The van der Waals surface area contributed by atoms with Crippen LogP contribution < -0.4 is 5.32 Å². The molecule has 0 bridgehead atoms. The Morgan fingerprint density at radius 1 is 1.25 bits per heavy atom. The fourth-order valence-electron chi connectivity index (χ4n) is 1.74. The summed E-state index contributed by atoms with van der Waals surface area (Å²) in [5.74, 6) is -0.481. The Balaban J connectivity index is 2.25. The van der Waals surface area contributed by atoms with Crippen molar-refractivity contribution in [3.05, 3.63) is 48.0 Å². The molecule has 0 atom stereocenters. The summed E-state index contributed by atoms with van der Waals surface area (Å²) >= 11 is 0. The number of nitrogens with one attached hydrogen (secondary N) is 1. The zero-order valence-corrected chi connectivity index (χ0v) is 10.7. The third kappa shape index (κ3) is 3.33. The largest absolute Gasteiger partial charge is 0.481 e. The number of nitriles is 1. The second kappa shape index (κ2) is 6.34. The number of pyridine rings is 1. The molecule has 0 aliphatic heterocycles. The summed E-state index contributed by atoms with van der Waals surface area (Å²) in [6.45, 7) is 0.231. The molecule has 2 N–H and O–H groups in total. The zero-order valence-electron chi connectivity index (χ0n) is 10.7. The van der Waals surface area contributed by atoms with Crippen LogP contribution in [0.5, 0.6) is 0 Å². The number of aliphatic carboxylic acids is 1. The first-order chi connectivity index (χ1) is 9.70. The van der Waals surface area contributed by atoms with Crippen LogP contribution in [-0.4, -0.2) is 22.6 Å². The Morgan fingerprint density at radius 2 is 2.00 bits per heavy atom. The van der Waals surface area contributed by atoms with E-state index >= 15 is 0 Å². The van der Waals surface area contributed by atoms with E-state index in [1.165, 1.54) is 0 Å². The van der Waals surface area contributed by atoms with E-state index < -0.39 is 5.97 Å². The van der Waals surface area contributed by atoms with Crippen LogP contribution in [-0.2, 0) is 4.79 Å². The molecule has 2 rings (SSSR count). The molecule has 1 heterocycles. The van der Waals surface area contributed by atoms with Gasteiger partial charge >= 0.3 is 5.97 Å². The summed E-state index contributed by atoms with van der Waals surface area (Å²) in [5.41, 5.74) is 2.08. The van der Waals surface area contributed by atoms with Gasteiger partial charge in [0.15, 0.2) is 0 Å². The van der Waals surface area contributed by atoms with Crippen LogP contribution in [0.2, 0.25) is 0 Å². The fraction of sp³-hybridized carbons (Fsp3) is 0.133. The average molecular weight is 267 g/mol. The number of anilines is 1. The minimum absolute atomic E-state index is 0.0257. The van der Waals surface area contributed by atoms with Gasteiger partial charge in [-0.05, 0) is 12.1 Å². The molecule has 20 heavy (non-hydrogen) atoms. The van der Waals surface area contributed by atoms with E-state index in [-0.39, 0.29) is 13.0 Å². The molecule has 0 saturated heterocycles. The van der Waals surface area contributed by atoms with Crippen molar-refractivity contribution in [1.29, 1.82) is 5.26 Å². The van der Waals surface area contributed by atoms with Crippen LogP contribution in [0, 0.1) is 11.3 Å². The number of carboxylic acid groups (broad SMARTS) is 1. The molecule has 1 aromatic heterocycles. The number of hydrogen-bond acceptors (Lipinski definition) is 4. The van der Waals surface area contributed by atoms with Gasteiger partial charge in [-0.1, -0.05) is 30.3 Å². The number of nitrogens with zero attached hydrogens (tertiary/aromatic N) is 2. The van der Waals surface area contributed by atoms with Gasteiger partial charge in [0, 0.05) is 12.1 Å². The van der Waals surface area contributed by atoms with Gasteiger partial charge in [-0.2, -0.15) is 5.26 Å². The van der Waals surface area contributed by atoms with Crippen LogP contribution in [0.15, 0.2) is 42.5 Å². The zero-order chi connectivity index (χ0) is 14.4. The van der Waals surface area contributed by atoms with Gasteiger partial charge in [0.25, 0.3) is 0 Å². The Morgan fingerprint density at radius 3 is 2.65 bits per heavy atom. The molecule has 0 radical (unpaired) electrons. The highest BCUT2D eigenvalue weighted by atomic mass is 16.4. The first-order valence-corrected chi connectivity index (χ1v) is 6.13. The number of benzene rings is 1. The lowest BCUT2D eigenvalue weighted by Crippen LogP contribution is -2.10. The van der Waals surface area contributed by atoms with E-state index in [4.69, 9.17) is 10.4 Å². The average Bonchev–Trinajstić information content (AvgIpc) is 2.47. The van der Waals surface area contributed by atoms with Gasteiger partial charge in [-0.3, -0.25) is 4.79 Å². The lowest BCUT2D eigenvalue weighted by molar-refractivity contribution is -0.136. The van der Waals surface area contributed by atoms with Crippen molar-refractivity contribution in [2.45, 2.75) is 6.42 Å². The maximum absolute atomic E-state index is 10.5. The maximum Gasteiger partial charge on any atom is 0.305 e. The van der Waals surface area contributed by atoms with E-state index in [2.05, 4.69) is 10.3 Å². The third-order valence-corrected chi connectivity index (χ3v) is 2.72. The van der Waals surface area contributed by atoms with Crippen molar-refractivity contribution < 1.29 is 9.90 Å². The number of carbonyl (C=O) groups is 1. The van der Waals surface area contributed by atoms with Crippen molar-refractivity contribution in [1.82, 2.24) is 4.98 Å². The van der Waals surface area contributed by atoms with Crippen molar-refractivity contribution in [3.8, 4) is 17.3 Å². The van der Waals surface area contributed by atoms with Crippen molar-refractivity contribution in [2.24, 2.45) is 0 Å². The van der Waals surface area contributed by atoms with Crippen LogP contribution in [0.4, 0.5) is 5.82 Å². The molecule has 0 fully saturated rings. The molecule has 100 valence electrons. The minimum Gasteiger partial charge on any atom is -0.481 e. The molecule has 0 aliphatic carbocycles. The van der Waals surface area contributed by atoms with E-state index in [1.54, 1.807) is 12.1 Å². The second-order valence-electron chi connectivity index (χ2n) is 4.14. The van der Waals surface area contributed by atoms with Gasteiger partial charge in [-0.25, -0.2) is 4.98 Å². The summed E-state index contributed by atoms with van der Waals surface area (Å²) < 4.78 is 0. The third-order valence-electron chi connectivity index (χ3n) is 2.72. The van der Waals surface area contributed by atoms with Crippen molar-refractivity contribution in [3.63, 3.8) is 0 Å². The normalized spacial score (nSPS) is 9.75. The lowest BCUT2D eigenvalue weighted by Gasteiger charge is -2.08. The van der Waals surface area contributed by atoms with Crippen molar-refractivity contribution >= 4 is 11.8 Å². The molecule has 0 saturated carbocycles. The number of aromatic nitrogens is 1. The van der Waals surface area contributed by atoms with Gasteiger partial charge in [0.05, 0.1) is 17.7 Å². The summed E-state index contributed by atoms with van der Waals surface area (Å²) in [4.78, 5) is 14.9. The first-order valence-electron chi connectivity index (χ1n) is 6.13. The molecule has 1 aromatic carbocycles. The van der Waals surface area contributed by atoms with Crippen LogP contribution in [0.25, 0.3) is 11.3 Å². The predicted molar refractivity (Wildman–Crippen MR) is 75.1 cm³/mol. The van der Waals surface area contributed by atoms with Crippen molar-refractivity contribution in [2.75, 3.05) is 11.9 Å². The molecular formula is C15H13N3O2. The topological polar surface area (TPSA) is 86.0 Å². The Kier molecular flexibility index (Phi) is 4.30. The number of hydrogen-bond donors (Lipinski definition) is 2. The van der Waals surface area contributed by atoms with E-state index in [0.29, 0.717) is 11.4 Å². The Hall–Kier alpha value is -2.87. The molecule has 0 unspecified atom stereocenters. The van der Waals surface area contributed by atoms with Crippen LogP contribution in [0.1, 0.15) is 12.0 Å². The molecule has 0 aliphatic rings. The number of carboxylic acids is 1. The van der Waals surface area contributed by atoms with Gasteiger partial charge in [-0.15, -0.1) is 0 Å². The SMILES string of the molecule is N#Cc1ccc(-c2ccccc2)nc1NCCC(=O)O. The minimum atomic E-state index is -0.893. The Bertz CT molecular complexity index is 648. The highest BCUT2D eigenvalue weighted by molar-refractivity contribution is 5.68. The molecule has 2 aromatic rings. The quantitative estimate of drug-likeness (QED) is 0.869. The summed E-state index contributed by atoms with van der Waals surface area (Å²) in [6, 6.07) is 15.1. The monoisotopic (exact) mass is 267 g/mol. The van der Waals surface area contributed by atoms with Crippen LogP contribution in [0.3, 0.4) is 0 Å². The van der Waals surface area contributed by atoms with Crippen LogP contribution >= 0.6 is 0 Å². The number of rotatable bonds is 5. The van der Waals surface area contributed by atoms with E-state index in [0.717, 1.165) is 11.3 Å². The molecule has 5 heteroatoms. The van der Waals surface area contributed by atoms with Gasteiger partial charge in [0.2, 0.25) is 0 Å².